The van der Waals surface area contributed by atoms with Crippen molar-refractivity contribution in [1.29, 1.82) is 0 Å². The minimum atomic E-state index is -1.76. The summed E-state index contributed by atoms with van der Waals surface area (Å²) in [5.74, 6) is 0.0224. The third-order valence-electron chi connectivity index (χ3n) is 2.59. The Morgan fingerprint density at radius 2 is 2.35 bits per heavy atom. The summed E-state index contributed by atoms with van der Waals surface area (Å²) in [5.41, 5.74) is 4.55. The molecule has 2 rings (SSSR count). The zero-order chi connectivity index (χ0) is 12.6. The van der Waals surface area contributed by atoms with Gasteiger partial charge in [-0.2, -0.15) is 4.98 Å². The van der Waals surface area contributed by atoms with Crippen LogP contribution in [0.1, 0.15) is 6.23 Å². The number of nitrogen functional groups attached to an aromatic ring is 1. The summed E-state index contributed by atoms with van der Waals surface area (Å²) < 4.78 is 19.4. The number of alkyl halides is 1. The average molecular weight is 245 g/mol. The van der Waals surface area contributed by atoms with Gasteiger partial charge in [-0.15, -0.1) is 0 Å². The number of nitrogens with zero attached hydrogens (tertiary/aromatic N) is 2. The molecule has 0 radical (unpaired) electrons. The van der Waals surface area contributed by atoms with Gasteiger partial charge in [0, 0.05) is 6.20 Å². The van der Waals surface area contributed by atoms with E-state index < -0.39 is 36.9 Å². The molecule has 1 aromatic heterocycles. The Morgan fingerprint density at radius 3 is 2.88 bits per heavy atom. The second kappa shape index (κ2) is 4.40. The van der Waals surface area contributed by atoms with Crippen LogP contribution in [-0.2, 0) is 4.74 Å². The lowest BCUT2D eigenvalue weighted by atomic mass is 10.1. The lowest BCUT2D eigenvalue weighted by Gasteiger charge is -2.16. The highest BCUT2D eigenvalue weighted by Gasteiger charge is 2.45. The van der Waals surface area contributed by atoms with Crippen molar-refractivity contribution in [3.63, 3.8) is 0 Å². The van der Waals surface area contributed by atoms with Crippen LogP contribution in [0.5, 0.6) is 0 Å². The van der Waals surface area contributed by atoms with Gasteiger partial charge in [0.05, 0.1) is 6.61 Å². The Hall–Kier alpha value is -1.51. The zero-order valence-corrected chi connectivity index (χ0v) is 8.73. The van der Waals surface area contributed by atoms with Crippen molar-refractivity contribution in [2.45, 2.75) is 24.6 Å². The van der Waals surface area contributed by atoms with E-state index in [1.807, 2.05) is 0 Å². The van der Waals surface area contributed by atoms with Crippen LogP contribution < -0.4 is 11.4 Å². The molecule has 0 amide bonds. The molecule has 2 heterocycles. The monoisotopic (exact) mass is 245 g/mol. The molecule has 7 nitrogen and oxygen atoms in total. The van der Waals surface area contributed by atoms with E-state index in [2.05, 4.69) is 4.98 Å². The summed E-state index contributed by atoms with van der Waals surface area (Å²) in [7, 11) is 0. The van der Waals surface area contributed by atoms with Crippen LogP contribution in [0.4, 0.5) is 10.2 Å². The molecule has 17 heavy (non-hydrogen) atoms. The SMILES string of the molecule is Nc1ccn(C2OC(CO)[C@H](F)[C@H]2O)c(=O)n1. The van der Waals surface area contributed by atoms with Gasteiger partial charge in [-0.3, -0.25) is 4.57 Å². The Kier molecular flexibility index (Phi) is 3.09. The molecule has 2 unspecified atom stereocenters. The topological polar surface area (TPSA) is 111 Å². The summed E-state index contributed by atoms with van der Waals surface area (Å²) in [6.07, 6.45) is -4.39. The quantitative estimate of drug-likeness (QED) is 0.579. The lowest BCUT2D eigenvalue weighted by Crippen LogP contribution is -2.34. The normalized spacial score (nSPS) is 32.9. The molecule has 0 saturated carbocycles. The number of ether oxygens (including phenoxy) is 1. The molecule has 1 aliphatic rings. The summed E-state index contributed by atoms with van der Waals surface area (Å²) in [4.78, 5) is 14.9. The van der Waals surface area contributed by atoms with Gasteiger partial charge < -0.3 is 20.7 Å². The standard InChI is InChI=1S/C9H12FN3O4/c10-6-4(3-14)17-8(7(6)15)13-2-1-5(11)12-9(13)16/h1-2,4,6-8,14-15H,3H2,(H2,11,12,16)/t4?,6-,7+,8?/m0/s1. The van der Waals surface area contributed by atoms with Crippen LogP contribution in [0.3, 0.4) is 0 Å². The number of hydrogen-bond donors (Lipinski definition) is 3. The molecule has 1 saturated heterocycles. The van der Waals surface area contributed by atoms with Crippen LogP contribution in [0.15, 0.2) is 17.1 Å². The summed E-state index contributed by atoms with van der Waals surface area (Å²) in [6.45, 7) is -0.578. The minimum Gasteiger partial charge on any atom is -0.394 e. The third-order valence-corrected chi connectivity index (χ3v) is 2.59. The minimum absolute atomic E-state index is 0.0224. The van der Waals surface area contributed by atoms with E-state index in [4.69, 9.17) is 15.6 Å². The Labute approximate surface area is 95.3 Å². The van der Waals surface area contributed by atoms with Crippen LogP contribution in [0.25, 0.3) is 0 Å². The van der Waals surface area contributed by atoms with E-state index in [1.165, 1.54) is 12.3 Å². The van der Waals surface area contributed by atoms with Gasteiger partial charge >= 0.3 is 5.69 Å². The summed E-state index contributed by atoms with van der Waals surface area (Å²) >= 11 is 0. The molecule has 0 aliphatic carbocycles. The van der Waals surface area contributed by atoms with Crippen molar-refractivity contribution in [1.82, 2.24) is 9.55 Å². The molecule has 1 aliphatic heterocycles. The van der Waals surface area contributed by atoms with E-state index in [9.17, 15) is 14.3 Å². The van der Waals surface area contributed by atoms with Gasteiger partial charge in [0.1, 0.15) is 18.0 Å². The maximum atomic E-state index is 13.4. The molecule has 1 aromatic rings. The zero-order valence-electron chi connectivity index (χ0n) is 8.73. The molecular weight excluding hydrogens is 233 g/mol. The number of aromatic nitrogens is 2. The van der Waals surface area contributed by atoms with Crippen molar-refractivity contribution in [2.75, 3.05) is 12.3 Å². The first kappa shape index (κ1) is 12.0. The summed E-state index contributed by atoms with van der Waals surface area (Å²) in [5, 5.41) is 18.4. The van der Waals surface area contributed by atoms with Gasteiger partial charge in [0.2, 0.25) is 0 Å². The largest absolute Gasteiger partial charge is 0.394 e. The van der Waals surface area contributed by atoms with Crippen molar-refractivity contribution in [3.05, 3.63) is 22.7 Å². The van der Waals surface area contributed by atoms with E-state index in [0.29, 0.717) is 0 Å². The maximum Gasteiger partial charge on any atom is 0.351 e. The molecule has 0 spiro atoms. The molecule has 4 N–H and O–H groups in total. The number of hydrogen-bond acceptors (Lipinski definition) is 6. The van der Waals surface area contributed by atoms with E-state index >= 15 is 0 Å². The van der Waals surface area contributed by atoms with Gasteiger partial charge in [-0.05, 0) is 6.07 Å². The van der Waals surface area contributed by atoms with Crippen molar-refractivity contribution < 1.29 is 19.3 Å². The van der Waals surface area contributed by atoms with E-state index in [0.717, 1.165) is 4.57 Å². The van der Waals surface area contributed by atoms with Gasteiger partial charge in [0.15, 0.2) is 12.4 Å². The Bertz CT molecular complexity index is 466. The molecule has 94 valence electrons. The van der Waals surface area contributed by atoms with Crippen LogP contribution >= 0.6 is 0 Å². The van der Waals surface area contributed by atoms with Crippen molar-refractivity contribution in [3.8, 4) is 0 Å². The lowest BCUT2D eigenvalue weighted by molar-refractivity contribution is -0.0536. The number of rotatable bonds is 2. The van der Waals surface area contributed by atoms with Crippen LogP contribution in [-0.4, -0.2) is 44.8 Å². The highest BCUT2D eigenvalue weighted by atomic mass is 19.1. The molecule has 8 heteroatoms. The smallest absolute Gasteiger partial charge is 0.351 e. The van der Waals surface area contributed by atoms with Crippen molar-refractivity contribution in [2.24, 2.45) is 0 Å². The van der Waals surface area contributed by atoms with Gasteiger partial charge in [0.25, 0.3) is 0 Å². The number of aliphatic hydroxyl groups excluding tert-OH is 2. The third kappa shape index (κ3) is 2.02. The Morgan fingerprint density at radius 1 is 1.65 bits per heavy atom. The van der Waals surface area contributed by atoms with Gasteiger partial charge in [-0.1, -0.05) is 0 Å². The second-order valence-electron chi connectivity index (χ2n) is 3.72. The fourth-order valence-electron chi connectivity index (χ4n) is 1.71. The van der Waals surface area contributed by atoms with Gasteiger partial charge in [-0.25, -0.2) is 9.18 Å². The van der Waals surface area contributed by atoms with Crippen LogP contribution in [0, 0.1) is 0 Å². The number of nitrogens with two attached hydrogens (primary N) is 1. The molecule has 1 fully saturated rings. The predicted molar refractivity (Wildman–Crippen MR) is 54.8 cm³/mol. The first-order chi connectivity index (χ1) is 8.04. The van der Waals surface area contributed by atoms with Crippen LogP contribution in [0.2, 0.25) is 0 Å². The second-order valence-corrected chi connectivity index (χ2v) is 3.72. The fourth-order valence-corrected chi connectivity index (χ4v) is 1.71. The van der Waals surface area contributed by atoms with E-state index in [-0.39, 0.29) is 5.82 Å². The first-order valence-corrected chi connectivity index (χ1v) is 4.97. The fraction of sp³-hybridized carbons (Fsp3) is 0.556. The number of halogens is 1. The van der Waals surface area contributed by atoms with E-state index in [1.54, 1.807) is 0 Å². The summed E-state index contributed by atoms with van der Waals surface area (Å²) in [6, 6.07) is 1.33. The number of anilines is 1. The average Bonchev–Trinajstić information content (AvgIpc) is 2.57. The number of aliphatic hydroxyl groups is 2. The molecule has 0 aromatic carbocycles. The highest BCUT2D eigenvalue weighted by Crippen LogP contribution is 2.30. The maximum absolute atomic E-state index is 13.4. The molecule has 4 atom stereocenters. The Balaban J connectivity index is 2.32. The first-order valence-electron chi connectivity index (χ1n) is 4.97. The van der Waals surface area contributed by atoms with Crippen molar-refractivity contribution >= 4 is 5.82 Å². The predicted octanol–water partition coefficient (Wildman–Crippen LogP) is -1.59. The molecule has 0 bridgehead atoms. The molecular formula is C9H12FN3O4. The highest BCUT2D eigenvalue weighted by molar-refractivity contribution is 5.23.